The normalized spacial score (nSPS) is 35.4. The van der Waals surface area contributed by atoms with Gasteiger partial charge < -0.3 is 4.57 Å². The van der Waals surface area contributed by atoms with Crippen LogP contribution < -0.4 is 0 Å². The van der Waals surface area contributed by atoms with Crippen molar-refractivity contribution in [3.8, 4) is 0 Å². The topological polar surface area (TPSA) is 17.8 Å². The molecular formula is C12H18N2. The fraction of sp³-hybridized carbons (Fsp3) is 0.750. The van der Waals surface area contributed by atoms with Gasteiger partial charge in [0, 0.05) is 18.9 Å². The maximum Gasteiger partial charge on any atom is 0.105 e. The van der Waals surface area contributed by atoms with Gasteiger partial charge in [-0.2, -0.15) is 0 Å². The number of hydrogen-bond acceptors (Lipinski definition) is 1. The van der Waals surface area contributed by atoms with Gasteiger partial charge in [0.05, 0.1) is 0 Å². The number of aryl methyl sites for hydroxylation is 1. The lowest BCUT2D eigenvalue weighted by molar-refractivity contribution is 0.305. The van der Waals surface area contributed by atoms with E-state index >= 15 is 0 Å². The van der Waals surface area contributed by atoms with Crippen molar-refractivity contribution in [3.05, 3.63) is 18.2 Å². The smallest absolute Gasteiger partial charge is 0.105 e. The molecule has 3 rings (SSSR count). The first-order valence-electron chi connectivity index (χ1n) is 5.80. The van der Waals surface area contributed by atoms with Crippen LogP contribution in [0.25, 0.3) is 0 Å². The van der Waals surface area contributed by atoms with E-state index < -0.39 is 0 Å². The van der Waals surface area contributed by atoms with Crippen molar-refractivity contribution in [3.63, 3.8) is 0 Å². The van der Waals surface area contributed by atoms with Crippen molar-refractivity contribution in [2.45, 2.75) is 39.2 Å². The Morgan fingerprint density at radius 2 is 2.29 bits per heavy atom. The van der Waals surface area contributed by atoms with Gasteiger partial charge in [0.15, 0.2) is 0 Å². The van der Waals surface area contributed by atoms with Crippen molar-refractivity contribution >= 4 is 0 Å². The molecule has 1 heterocycles. The number of nitrogens with zero attached hydrogens (tertiary/aromatic N) is 2. The molecule has 0 N–H and O–H groups in total. The molecular weight excluding hydrogens is 172 g/mol. The zero-order valence-corrected chi connectivity index (χ0v) is 8.82. The first kappa shape index (κ1) is 8.51. The first-order valence-corrected chi connectivity index (χ1v) is 5.80. The molecule has 2 saturated carbocycles. The lowest BCUT2D eigenvalue weighted by Gasteiger charge is -2.21. The summed E-state index contributed by atoms with van der Waals surface area (Å²) in [6, 6.07) is 0. The van der Waals surface area contributed by atoms with Crippen LogP contribution in [0.5, 0.6) is 0 Å². The summed E-state index contributed by atoms with van der Waals surface area (Å²) < 4.78 is 2.31. The Hall–Kier alpha value is -0.790. The van der Waals surface area contributed by atoms with Crippen LogP contribution in [0.1, 0.15) is 31.5 Å². The van der Waals surface area contributed by atoms with Gasteiger partial charge in [-0.05, 0) is 50.4 Å². The molecule has 14 heavy (non-hydrogen) atoms. The van der Waals surface area contributed by atoms with E-state index in [1.54, 1.807) is 0 Å². The zero-order chi connectivity index (χ0) is 9.54. The Morgan fingerprint density at radius 1 is 1.36 bits per heavy atom. The van der Waals surface area contributed by atoms with Crippen LogP contribution in [0, 0.1) is 24.7 Å². The molecule has 2 fully saturated rings. The van der Waals surface area contributed by atoms with Crippen LogP contribution in [0.2, 0.25) is 0 Å². The van der Waals surface area contributed by atoms with Gasteiger partial charge in [0.25, 0.3) is 0 Å². The molecule has 0 aromatic carbocycles. The van der Waals surface area contributed by atoms with Gasteiger partial charge in [-0.15, -0.1) is 0 Å². The summed E-state index contributed by atoms with van der Waals surface area (Å²) >= 11 is 0. The summed E-state index contributed by atoms with van der Waals surface area (Å²) in [7, 11) is 0. The van der Waals surface area contributed by atoms with E-state index in [9.17, 15) is 0 Å². The highest BCUT2D eigenvalue weighted by atomic mass is 15.1. The van der Waals surface area contributed by atoms with Gasteiger partial charge in [-0.1, -0.05) is 0 Å². The van der Waals surface area contributed by atoms with Gasteiger partial charge in [0.2, 0.25) is 0 Å². The number of imidazole rings is 1. The molecule has 0 bridgehead atoms. The second-order valence-electron chi connectivity index (χ2n) is 5.06. The molecule has 0 radical (unpaired) electrons. The molecule has 2 aliphatic carbocycles. The minimum absolute atomic E-state index is 0.923. The monoisotopic (exact) mass is 190 g/mol. The predicted octanol–water partition coefficient (Wildman–Crippen LogP) is 2.63. The molecule has 1 aromatic heterocycles. The maximum absolute atomic E-state index is 4.27. The Balaban J connectivity index is 1.64. The second-order valence-corrected chi connectivity index (χ2v) is 5.06. The fourth-order valence-corrected chi connectivity index (χ4v) is 2.99. The summed E-state index contributed by atoms with van der Waals surface area (Å²) in [6.45, 7) is 3.30. The van der Waals surface area contributed by atoms with Gasteiger partial charge in [-0.25, -0.2) is 4.98 Å². The number of hydrogen-bond donors (Lipinski definition) is 0. The van der Waals surface area contributed by atoms with Crippen LogP contribution >= 0.6 is 0 Å². The Labute approximate surface area is 85.3 Å². The van der Waals surface area contributed by atoms with Crippen molar-refractivity contribution in [2.24, 2.45) is 17.8 Å². The Morgan fingerprint density at radius 3 is 3.00 bits per heavy atom. The molecule has 2 aliphatic rings. The van der Waals surface area contributed by atoms with Gasteiger partial charge >= 0.3 is 0 Å². The highest BCUT2D eigenvalue weighted by molar-refractivity contribution is 4.94. The Kier molecular flexibility index (Phi) is 1.89. The summed E-state index contributed by atoms with van der Waals surface area (Å²) in [5.74, 6) is 4.31. The largest absolute Gasteiger partial charge is 0.335 e. The number of rotatable bonds is 2. The summed E-state index contributed by atoms with van der Waals surface area (Å²) in [5, 5.41) is 0. The molecule has 3 unspecified atom stereocenters. The second kappa shape index (κ2) is 3.11. The SMILES string of the molecule is Cc1nccn1CC1CCC2CC2C1. The summed E-state index contributed by atoms with van der Waals surface area (Å²) in [6.07, 6.45) is 9.97. The van der Waals surface area contributed by atoms with E-state index in [1.807, 2.05) is 6.20 Å². The van der Waals surface area contributed by atoms with Gasteiger partial charge in [-0.3, -0.25) is 0 Å². The average Bonchev–Trinajstić information content (AvgIpc) is 2.84. The third kappa shape index (κ3) is 1.47. The molecule has 0 aliphatic heterocycles. The Bertz CT molecular complexity index is 329. The predicted molar refractivity (Wildman–Crippen MR) is 55.9 cm³/mol. The van der Waals surface area contributed by atoms with Crippen molar-refractivity contribution < 1.29 is 0 Å². The van der Waals surface area contributed by atoms with Crippen LogP contribution in [-0.4, -0.2) is 9.55 Å². The van der Waals surface area contributed by atoms with Crippen LogP contribution in [-0.2, 0) is 6.54 Å². The lowest BCUT2D eigenvalue weighted by Crippen LogP contribution is -2.15. The maximum atomic E-state index is 4.27. The van der Waals surface area contributed by atoms with Gasteiger partial charge in [0.1, 0.15) is 5.82 Å². The highest BCUT2D eigenvalue weighted by Gasteiger charge is 2.41. The van der Waals surface area contributed by atoms with E-state index in [-0.39, 0.29) is 0 Å². The number of fused-ring (bicyclic) bond motifs is 1. The number of aromatic nitrogens is 2. The van der Waals surface area contributed by atoms with Crippen molar-refractivity contribution in [1.82, 2.24) is 9.55 Å². The molecule has 2 heteroatoms. The molecule has 2 nitrogen and oxygen atoms in total. The fourth-order valence-electron chi connectivity index (χ4n) is 2.99. The quantitative estimate of drug-likeness (QED) is 0.701. The van der Waals surface area contributed by atoms with Crippen LogP contribution in [0.4, 0.5) is 0 Å². The van der Waals surface area contributed by atoms with E-state index in [0.717, 1.165) is 17.8 Å². The molecule has 1 aromatic rings. The minimum atomic E-state index is 0.923. The van der Waals surface area contributed by atoms with E-state index in [0.29, 0.717) is 0 Å². The van der Waals surface area contributed by atoms with Crippen molar-refractivity contribution in [1.29, 1.82) is 0 Å². The highest BCUT2D eigenvalue weighted by Crippen LogP contribution is 2.51. The third-order valence-corrected chi connectivity index (χ3v) is 4.03. The molecule has 0 amide bonds. The first-order chi connectivity index (χ1) is 6.83. The van der Waals surface area contributed by atoms with Crippen LogP contribution in [0.3, 0.4) is 0 Å². The summed E-state index contributed by atoms with van der Waals surface area (Å²) in [5.41, 5.74) is 0. The van der Waals surface area contributed by atoms with E-state index in [2.05, 4.69) is 22.7 Å². The molecule has 76 valence electrons. The van der Waals surface area contributed by atoms with Crippen molar-refractivity contribution in [2.75, 3.05) is 0 Å². The van der Waals surface area contributed by atoms with Crippen LogP contribution in [0.15, 0.2) is 12.4 Å². The average molecular weight is 190 g/mol. The third-order valence-electron chi connectivity index (χ3n) is 4.03. The molecule has 0 spiro atoms. The molecule has 3 atom stereocenters. The minimum Gasteiger partial charge on any atom is -0.335 e. The standard InChI is InChI=1S/C12H18N2/c1-9-13-4-5-14(9)8-10-2-3-11-7-12(11)6-10/h4-5,10-12H,2-3,6-8H2,1H3. The van der Waals surface area contributed by atoms with E-state index in [1.165, 1.54) is 38.1 Å². The molecule has 0 saturated heterocycles. The zero-order valence-electron chi connectivity index (χ0n) is 8.82. The lowest BCUT2D eigenvalue weighted by atomic mass is 9.89. The summed E-state index contributed by atoms with van der Waals surface area (Å²) in [4.78, 5) is 4.27. The van der Waals surface area contributed by atoms with E-state index in [4.69, 9.17) is 0 Å².